The lowest BCUT2D eigenvalue weighted by Crippen LogP contribution is -3.00. The number of hydrogen-bond acceptors (Lipinski definition) is 2. The molecule has 4 heteroatoms. The van der Waals surface area contributed by atoms with Crippen LogP contribution in [0.4, 0.5) is 0 Å². The van der Waals surface area contributed by atoms with Crippen LogP contribution in [-0.4, -0.2) is 43.2 Å². The van der Waals surface area contributed by atoms with E-state index in [1.165, 1.54) is 75.3 Å². The van der Waals surface area contributed by atoms with Gasteiger partial charge in [0.1, 0.15) is 0 Å². The number of unbranched alkanes of at least 4 members (excludes halogenated alkanes) is 7. The van der Waals surface area contributed by atoms with Crippen molar-refractivity contribution in [2.75, 3.05) is 32.8 Å². The third kappa shape index (κ3) is 12.1. The Hall–Kier alpha value is -1.32. The van der Waals surface area contributed by atoms with Crippen LogP contribution in [-0.2, 0) is 16.0 Å². The Morgan fingerprint density at radius 1 is 0.938 bits per heavy atom. The van der Waals surface area contributed by atoms with E-state index in [4.69, 9.17) is 4.74 Å². The first-order chi connectivity index (χ1) is 15.1. The van der Waals surface area contributed by atoms with Crippen LogP contribution in [0.15, 0.2) is 42.0 Å². The zero-order valence-electron chi connectivity index (χ0n) is 20.6. The number of benzene rings is 1. The Kier molecular flexibility index (Phi) is 15.4. The second-order valence-electron chi connectivity index (χ2n) is 9.60. The first-order valence-electron chi connectivity index (χ1n) is 12.8. The van der Waals surface area contributed by atoms with E-state index in [-0.39, 0.29) is 18.4 Å². The van der Waals surface area contributed by atoms with Crippen LogP contribution in [0.1, 0.15) is 90.0 Å². The van der Waals surface area contributed by atoms with Crippen molar-refractivity contribution in [3.8, 4) is 0 Å². The minimum Gasteiger partial charge on any atom is -1.00 e. The quantitative estimate of drug-likeness (QED) is 0.171. The van der Waals surface area contributed by atoms with Crippen LogP contribution in [0.2, 0.25) is 0 Å². The van der Waals surface area contributed by atoms with Gasteiger partial charge in [-0.2, -0.15) is 0 Å². The van der Waals surface area contributed by atoms with Gasteiger partial charge in [-0.05, 0) is 50.7 Å². The maximum Gasteiger partial charge on any atom is 0.361 e. The molecule has 2 rings (SSSR count). The highest BCUT2D eigenvalue weighted by molar-refractivity contribution is 5.70. The van der Waals surface area contributed by atoms with E-state index in [1.54, 1.807) is 0 Å². The van der Waals surface area contributed by atoms with Crippen molar-refractivity contribution in [2.24, 2.45) is 0 Å². The molecular formula is C28H46ClNO2. The molecule has 1 aliphatic rings. The second-order valence-corrected chi connectivity index (χ2v) is 9.60. The molecule has 0 saturated carbocycles. The van der Waals surface area contributed by atoms with Gasteiger partial charge in [-0.15, -0.1) is 0 Å². The predicted molar refractivity (Wildman–Crippen MR) is 131 cm³/mol. The summed E-state index contributed by atoms with van der Waals surface area (Å²) in [5, 5.41) is 0. The number of piperidine rings is 1. The maximum absolute atomic E-state index is 12.6. The topological polar surface area (TPSA) is 26.3 Å². The highest BCUT2D eigenvalue weighted by Gasteiger charge is 2.32. The number of hydrogen-bond donors (Lipinski definition) is 0. The van der Waals surface area contributed by atoms with E-state index in [0.717, 1.165) is 37.0 Å². The number of quaternary nitrogens is 1. The Balaban J connectivity index is 0.00000512. The number of esters is 1. The fourth-order valence-corrected chi connectivity index (χ4v) is 4.67. The molecule has 0 radical (unpaired) electrons. The van der Waals surface area contributed by atoms with Gasteiger partial charge in [-0.25, -0.2) is 4.79 Å². The Morgan fingerprint density at radius 3 is 2.22 bits per heavy atom. The standard InChI is InChI=1S/C28H46NO2.ClH/c1-3-4-5-6-7-8-9-16-23-31-28(30)25-29(20-14-11-15-21-29)22-19-26(2)24-27-17-12-10-13-18-27;/h10,12-13,17-19H,3-9,11,14-16,20-25H2,1-2H3;1H/q+1;/p-1/b26-19-;. The molecule has 3 nitrogen and oxygen atoms in total. The summed E-state index contributed by atoms with van der Waals surface area (Å²) in [4.78, 5) is 12.6. The smallest absolute Gasteiger partial charge is 0.361 e. The summed E-state index contributed by atoms with van der Waals surface area (Å²) < 4.78 is 6.52. The number of rotatable bonds is 15. The van der Waals surface area contributed by atoms with Crippen molar-refractivity contribution in [2.45, 2.75) is 90.9 Å². The molecular weight excluding hydrogens is 418 g/mol. The minimum absolute atomic E-state index is 0. The molecule has 182 valence electrons. The van der Waals surface area contributed by atoms with E-state index >= 15 is 0 Å². The van der Waals surface area contributed by atoms with Crippen LogP contribution in [0.25, 0.3) is 0 Å². The molecule has 32 heavy (non-hydrogen) atoms. The van der Waals surface area contributed by atoms with Crippen LogP contribution in [0.3, 0.4) is 0 Å². The number of likely N-dealkylation sites (tertiary alicyclic amines) is 1. The maximum atomic E-state index is 12.6. The summed E-state index contributed by atoms with van der Waals surface area (Å²) in [5.74, 6) is -0.000965. The zero-order chi connectivity index (χ0) is 22.2. The van der Waals surface area contributed by atoms with Gasteiger partial charge in [0.05, 0.1) is 26.2 Å². The van der Waals surface area contributed by atoms with E-state index in [2.05, 4.69) is 50.3 Å². The monoisotopic (exact) mass is 463 g/mol. The van der Waals surface area contributed by atoms with Gasteiger partial charge in [0.2, 0.25) is 0 Å². The first kappa shape index (κ1) is 28.7. The van der Waals surface area contributed by atoms with Gasteiger partial charge < -0.3 is 21.6 Å². The molecule has 0 aromatic heterocycles. The second kappa shape index (κ2) is 17.2. The normalized spacial score (nSPS) is 15.8. The zero-order valence-corrected chi connectivity index (χ0v) is 21.4. The third-order valence-corrected chi connectivity index (χ3v) is 6.64. The van der Waals surface area contributed by atoms with Crippen molar-refractivity contribution in [1.29, 1.82) is 0 Å². The molecule has 0 atom stereocenters. The van der Waals surface area contributed by atoms with Crippen molar-refractivity contribution in [3.63, 3.8) is 0 Å². The SMILES string of the molecule is CCCCCCCCCCOC(=O)C[N+]1(C/C=C(/C)Cc2ccccc2)CCCCC1.[Cl-]. The molecule has 1 aromatic rings. The third-order valence-electron chi connectivity index (χ3n) is 6.64. The fraction of sp³-hybridized carbons (Fsp3) is 0.679. The molecule has 0 amide bonds. The van der Waals surface area contributed by atoms with E-state index in [1.807, 2.05) is 0 Å². The fourth-order valence-electron chi connectivity index (χ4n) is 4.67. The van der Waals surface area contributed by atoms with Gasteiger partial charge >= 0.3 is 5.97 Å². The van der Waals surface area contributed by atoms with Gasteiger partial charge in [-0.3, -0.25) is 0 Å². The average molecular weight is 464 g/mol. The number of nitrogens with zero attached hydrogens (tertiary/aromatic N) is 1. The van der Waals surface area contributed by atoms with Crippen molar-refractivity contribution in [3.05, 3.63) is 47.5 Å². The molecule has 0 bridgehead atoms. The highest BCUT2D eigenvalue weighted by atomic mass is 35.5. The predicted octanol–water partition coefficient (Wildman–Crippen LogP) is 3.86. The number of carbonyl (C=O) groups is 1. The number of ether oxygens (including phenoxy) is 1. The molecule has 0 aliphatic carbocycles. The largest absolute Gasteiger partial charge is 1.00 e. The Morgan fingerprint density at radius 2 is 1.56 bits per heavy atom. The lowest BCUT2D eigenvalue weighted by Gasteiger charge is -2.40. The molecule has 0 N–H and O–H groups in total. The summed E-state index contributed by atoms with van der Waals surface area (Å²) in [6.07, 6.45) is 17.2. The lowest BCUT2D eigenvalue weighted by molar-refractivity contribution is -0.920. The lowest BCUT2D eigenvalue weighted by atomic mass is 10.0. The van der Waals surface area contributed by atoms with Gasteiger partial charge in [0.25, 0.3) is 0 Å². The Bertz CT molecular complexity index is 638. The van der Waals surface area contributed by atoms with Gasteiger partial charge in [0.15, 0.2) is 6.54 Å². The highest BCUT2D eigenvalue weighted by Crippen LogP contribution is 2.20. The van der Waals surface area contributed by atoms with E-state index in [0.29, 0.717) is 13.2 Å². The van der Waals surface area contributed by atoms with Crippen molar-refractivity contribution >= 4 is 5.97 Å². The van der Waals surface area contributed by atoms with E-state index < -0.39 is 0 Å². The summed E-state index contributed by atoms with van der Waals surface area (Å²) in [5.41, 5.74) is 2.74. The van der Waals surface area contributed by atoms with Crippen molar-refractivity contribution in [1.82, 2.24) is 0 Å². The molecule has 0 unspecified atom stereocenters. The molecule has 1 heterocycles. The van der Waals surface area contributed by atoms with Crippen molar-refractivity contribution < 1.29 is 26.4 Å². The van der Waals surface area contributed by atoms with Gasteiger partial charge in [-0.1, -0.05) is 87.8 Å². The molecule has 0 spiro atoms. The average Bonchev–Trinajstić information content (AvgIpc) is 2.78. The summed E-state index contributed by atoms with van der Waals surface area (Å²) in [6.45, 7) is 8.75. The number of carbonyl (C=O) groups excluding carboxylic acids is 1. The summed E-state index contributed by atoms with van der Waals surface area (Å²) >= 11 is 0. The Labute approximate surface area is 203 Å². The summed E-state index contributed by atoms with van der Waals surface area (Å²) in [7, 11) is 0. The van der Waals surface area contributed by atoms with Crippen LogP contribution >= 0.6 is 0 Å². The molecule has 1 fully saturated rings. The molecule has 1 aliphatic heterocycles. The van der Waals surface area contributed by atoms with Crippen LogP contribution in [0.5, 0.6) is 0 Å². The van der Waals surface area contributed by atoms with Crippen LogP contribution in [0, 0.1) is 0 Å². The summed E-state index contributed by atoms with van der Waals surface area (Å²) in [6, 6.07) is 10.6. The number of allylic oxidation sites excluding steroid dienone is 1. The number of halogens is 1. The minimum atomic E-state index is -0.000965. The van der Waals surface area contributed by atoms with E-state index in [9.17, 15) is 4.79 Å². The molecule has 1 saturated heterocycles. The molecule has 1 aromatic carbocycles. The van der Waals surface area contributed by atoms with Gasteiger partial charge in [0, 0.05) is 0 Å². The van der Waals surface area contributed by atoms with Crippen LogP contribution < -0.4 is 12.4 Å². The first-order valence-corrected chi connectivity index (χ1v) is 12.8.